The Labute approximate surface area is 121 Å². The minimum atomic E-state index is -0.353. The van der Waals surface area contributed by atoms with Crippen LogP contribution in [0.3, 0.4) is 0 Å². The highest BCUT2D eigenvalue weighted by molar-refractivity contribution is 5.50. The molecule has 1 N–H and O–H groups in total. The van der Waals surface area contributed by atoms with Gasteiger partial charge in [-0.25, -0.2) is 14.1 Å². The number of anilines is 1. The second-order valence-corrected chi connectivity index (χ2v) is 4.66. The Morgan fingerprint density at radius 1 is 1.24 bits per heavy atom. The van der Waals surface area contributed by atoms with Gasteiger partial charge in [-0.1, -0.05) is 0 Å². The lowest BCUT2D eigenvalue weighted by Crippen LogP contribution is -2.04. The molecule has 0 aliphatic carbocycles. The zero-order valence-electron chi connectivity index (χ0n) is 11.5. The summed E-state index contributed by atoms with van der Waals surface area (Å²) >= 11 is 0. The van der Waals surface area contributed by atoms with E-state index in [-0.39, 0.29) is 5.82 Å². The van der Waals surface area contributed by atoms with E-state index in [9.17, 15) is 4.39 Å². The predicted molar refractivity (Wildman–Crippen MR) is 77.6 cm³/mol. The molecule has 0 unspecified atom stereocenters. The van der Waals surface area contributed by atoms with Gasteiger partial charge in [0.25, 0.3) is 0 Å². The van der Waals surface area contributed by atoms with Crippen LogP contribution >= 0.6 is 0 Å². The van der Waals surface area contributed by atoms with Gasteiger partial charge in [-0.05, 0) is 42.3 Å². The third kappa shape index (κ3) is 2.89. The first-order chi connectivity index (χ1) is 10.2. The fourth-order valence-corrected chi connectivity index (χ4v) is 2.01. The maximum absolute atomic E-state index is 14.1. The first-order valence-corrected chi connectivity index (χ1v) is 6.52. The molecule has 0 radical (unpaired) electrons. The van der Waals surface area contributed by atoms with Crippen LogP contribution in [0.4, 0.5) is 10.1 Å². The van der Waals surface area contributed by atoms with Gasteiger partial charge in [-0.2, -0.15) is 5.10 Å². The van der Waals surface area contributed by atoms with E-state index in [2.05, 4.69) is 20.4 Å². The zero-order valence-corrected chi connectivity index (χ0v) is 11.5. The third-order valence-electron chi connectivity index (χ3n) is 3.24. The van der Waals surface area contributed by atoms with Crippen molar-refractivity contribution in [1.29, 1.82) is 0 Å². The molecule has 0 saturated carbocycles. The highest BCUT2D eigenvalue weighted by Gasteiger charge is 2.06. The fraction of sp³-hybridized carbons (Fsp3) is 0.133. The largest absolute Gasteiger partial charge is 0.381 e. The van der Waals surface area contributed by atoms with Crippen molar-refractivity contribution in [1.82, 2.24) is 19.7 Å². The van der Waals surface area contributed by atoms with E-state index in [0.29, 0.717) is 17.9 Å². The van der Waals surface area contributed by atoms with Crippen molar-refractivity contribution in [2.45, 2.75) is 13.5 Å². The van der Waals surface area contributed by atoms with Crippen LogP contribution < -0.4 is 5.32 Å². The molecule has 2 heterocycles. The minimum Gasteiger partial charge on any atom is -0.381 e. The van der Waals surface area contributed by atoms with Gasteiger partial charge in [0.15, 0.2) is 5.82 Å². The number of hydrogen-bond acceptors (Lipinski definition) is 4. The monoisotopic (exact) mass is 283 g/mol. The molecule has 0 fully saturated rings. The van der Waals surface area contributed by atoms with Gasteiger partial charge in [0.1, 0.15) is 18.3 Å². The van der Waals surface area contributed by atoms with E-state index in [4.69, 9.17) is 0 Å². The highest BCUT2D eigenvalue weighted by atomic mass is 19.1. The quantitative estimate of drug-likeness (QED) is 0.800. The zero-order chi connectivity index (χ0) is 14.7. The molecular formula is C15H14FN5. The Morgan fingerprint density at radius 2 is 2.14 bits per heavy atom. The summed E-state index contributed by atoms with van der Waals surface area (Å²) in [6.07, 6.45) is 6.40. The number of nitrogens with one attached hydrogen (secondary N) is 1. The lowest BCUT2D eigenvalue weighted by Gasteiger charge is -2.10. The van der Waals surface area contributed by atoms with E-state index in [1.807, 2.05) is 25.3 Å². The first kappa shape index (κ1) is 13.2. The summed E-state index contributed by atoms with van der Waals surface area (Å²) in [6, 6.07) is 6.88. The molecule has 6 heteroatoms. The predicted octanol–water partition coefficient (Wildman–Crippen LogP) is 2.72. The van der Waals surface area contributed by atoms with Crippen LogP contribution in [-0.4, -0.2) is 19.7 Å². The molecule has 21 heavy (non-hydrogen) atoms. The topological polar surface area (TPSA) is 55.6 Å². The van der Waals surface area contributed by atoms with Crippen molar-refractivity contribution in [2.75, 3.05) is 5.32 Å². The summed E-state index contributed by atoms with van der Waals surface area (Å²) < 4.78 is 15.5. The summed E-state index contributed by atoms with van der Waals surface area (Å²) in [7, 11) is 0. The Hall–Kier alpha value is -2.76. The molecule has 2 aromatic heterocycles. The van der Waals surface area contributed by atoms with Crippen LogP contribution in [0.25, 0.3) is 5.69 Å². The normalized spacial score (nSPS) is 10.6. The van der Waals surface area contributed by atoms with Crippen LogP contribution in [0.15, 0.2) is 49.3 Å². The molecule has 0 aliphatic rings. The molecule has 0 spiro atoms. The van der Waals surface area contributed by atoms with Gasteiger partial charge in [0, 0.05) is 24.6 Å². The van der Waals surface area contributed by atoms with Crippen molar-refractivity contribution in [3.8, 4) is 5.69 Å². The van der Waals surface area contributed by atoms with E-state index in [1.165, 1.54) is 23.4 Å². The molecule has 0 aliphatic heterocycles. The lowest BCUT2D eigenvalue weighted by atomic mass is 10.1. The summed E-state index contributed by atoms with van der Waals surface area (Å²) in [5.74, 6) is -0.353. The third-order valence-corrected chi connectivity index (χ3v) is 3.24. The van der Waals surface area contributed by atoms with Gasteiger partial charge < -0.3 is 5.32 Å². The molecule has 3 aromatic rings. The molecule has 0 saturated heterocycles. The first-order valence-electron chi connectivity index (χ1n) is 6.52. The highest BCUT2D eigenvalue weighted by Crippen LogP contribution is 2.18. The Morgan fingerprint density at radius 3 is 2.86 bits per heavy atom. The van der Waals surface area contributed by atoms with Crippen molar-refractivity contribution < 1.29 is 4.39 Å². The van der Waals surface area contributed by atoms with E-state index in [0.717, 1.165) is 11.1 Å². The maximum Gasteiger partial charge on any atom is 0.150 e. The van der Waals surface area contributed by atoms with Gasteiger partial charge in [0.05, 0.1) is 0 Å². The smallest absolute Gasteiger partial charge is 0.150 e. The molecule has 1 aromatic carbocycles. The van der Waals surface area contributed by atoms with Crippen LogP contribution in [0.2, 0.25) is 0 Å². The summed E-state index contributed by atoms with van der Waals surface area (Å²) in [5, 5.41) is 7.11. The number of aromatic nitrogens is 4. The standard InChI is InChI=1S/C15H14FN5/c1-11-4-5-17-7-12(11)8-19-13-2-3-15(14(16)6-13)21-10-18-9-20-21/h2-7,9-10,19H,8H2,1H3. The fourth-order valence-electron chi connectivity index (χ4n) is 2.01. The Kier molecular flexibility index (Phi) is 3.59. The summed E-state index contributed by atoms with van der Waals surface area (Å²) in [5.41, 5.74) is 3.31. The second-order valence-electron chi connectivity index (χ2n) is 4.66. The number of rotatable bonds is 4. The number of aryl methyl sites for hydroxylation is 1. The van der Waals surface area contributed by atoms with Crippen molar-refractivity contribution in [3.05, 3.63) is 66.3 Å². The van der Waals surface area contributed by atoms with Gasteiger partial charge >= 0.3 is 0 Å². The average Bonchev–Trinajstić information content (AvgIpc) is 3.00. The molecule has 5 nitrogen and oxygen atoms in total. The van der Waals surface area contributed by atoms with Crippen molar-refractivity contribution in [2.24, 2.45) is 0 Å². The number of halogens is 1. The number of nitrogens with zero attached hydrogens (tertiary/aromatic N) is 4. The minimum absolute atomic E-state index is 0.353. The molecular weight excluding hydrogens is 269 g/mol. The molecule has 0 bridgehead atoms. The molecule has 3 rings (SSSR count). The van der Waals surface area contributed by atoms with Crippen molar-refractivity contribution >= 4 is 5.69 Å². The van der Waals surface area contributed by atoms with E-state index >= 15 is 0 Å². The van der Waals surface area contributed by atoms with Crippen LogP contribution in [0.5, 0.6) is 0 Å². The van der Waals surface area contributed by atoms with Crippen LogP contribution in [0.1, 0.15) is 11.1 Å². The lowest BCUT2D eigenvalue weighted by molar-refractivity contribution is 0.611. The molecule has 0 atom stereocenters. The Balaban J connectivity index is 1.76. The van der Waals surface area contributed by atoms with Crippen LogP contribution in [-0.2, 0) is 6.54 Å². The molecule has 106 valence electrons. The SMILES string of the molecule is Cc1ccncc1CNc1ccc(-n2cncn2)c(F)c1. The number of pyridine rings is 1. The van der Waals surface area contributed by atoms with E-state index in [1.54, 1.807) is 12.3 Å². The van der Waals surface area contributed by atoms with Crippen molar-refractivity contribution in [3.63, 3.8) is 0 Å². The maximum atomic E-state index is 14.1. The summed E-state index contributed by atoms with van der Waals surface area (Å²) in [4.78, 5) is 7.90. The van der Waals surface area contributed by atoms with Gasteiger partial charge in [0.2, 0.25) is 0 Å². The van der Waals surface area contributed by atoms with Crippen LogP contribution in [0, 0.1) is 12.7 Å². The number of hydrogen-bond donors (Lipinski definition) is 1. The molecule has 0 amide bonds. The second kappa shape index (κ2) is 5.70. The van der Waals surface area contributed by atoms with E-state index < -0.39 is 0 Å². The summed E-state index contributed by atoms with van der Waals surface area (Å²) in [6.45, 7) is 2.62. The van der Waals surface area contributed by atoms with Gasteiger partial charge in [-0.15, -0.1) is 0 Å². The number of benzene rings is 1. The van der Waals surface area contributed by atoms with Gasteiger partial charge in [-0.3, -0.25) is 4.98 Å². The average molecular weight is 283 g/mol. The Bertz CT molecular complexity index is 740.